The van der Waals surface area contributed by atoms with Crippen molar-refractivity contribution in [1.29, 1.82) is 10.5 Å². The first-order chi connectivity index (χ1) is 8.31. The number of anilines is 1. The van der Waals surface area contributed by atoms with Crippen molar-refractivity contribution in [2.24, 2.45) is 0 Å². The van der Waals surface area contributed by atoms with Crippen LogP contribution in [-0.2, 0) is 0 Å². The normalized spacial score (nSPS) is 8.88. The maximum Gasteiger partial charge on any atom is 0.130 e. The number of nitrogens with zero attached hydrogens (tertiary/aromatic N) is 2. The first kappa shape index (κ1) is 12.8. The highest BCUT2D eigenvalue weighted by molar-refractivity contribution is 5.71. The van der Waals surface area contributed by atoms with Crippen LogP contribution in [0.15, 0.2) is 29.8 Å². The fourth-order valence-corrected chi connectivity index (χ4v) is 1.43. The third-order valence-corrected chi connectivity index (χ3v) is 2.35. The first-order valence-electron chi connectivity index (χ1n) is 5.66. The number of hydrogen-bond donors (Lipinski definition) is 1. The number of benzene rings is 1. The van der Waals surface area contributed by atoms with E-state index in [1.54, 1.807) is 6.08 Å². The van der Waals surface area contributed by atoms with Crippen LogP contribution in [0.3, 0.4) is 0 Å². The number of rotatable bonds is 5. The van der Waals surface area contributed by atoms with E-state index in [-0.39, 0.29) is 5.57 Å². The molecule has 0 aromatic heterocycles. The zero-order valence-corrected chi connectivity index (χ0v) is 9.90. The van der Waals surface area contributed by atoms with Crippen molar-refractivity contribution >= 4 is 11.8 Å². The van der Waals surface area contributed by atoms with Crippen LogP contribution in [0.4, 0.5) is 5.69 Å². The van der Waals surface area contributed by atoms with Gasteiger partial charge in [0.25, 0.3) is 0 Å². The molecule has 0 aliphatic rings. The van der Waals surface area contributed by atoms with E-state index in [2.05, 4.69) is 12.2 Å². The predicted octanol–water partition coefficient (Wildman–Crippen LogP) is 3.33. The second-order valence-electron chi connectivity index (χ2n) is 3.65. The highest BCUT2D eigenvalue weighted by Gasteiger charge is 2.00. The Morgan fingerprint density at radius 3 is 2.65 bits per heavy atom. The van der Waals surface area contributed by atoms with Gasteiger partial charge in [0.05, 0.1) is 0 Å². The van der Waals surface area contributed by atoms with Gasteiger partial charge in [0, 0.05) is 12.2 Å². The molecule has 0 heterocycles. The molecule has 17 heavy (non-hydrogen) atoms. The number of nitrogens with one attached hydrogen (secondary N) is 1. The van der Waals surface area contributed by atoms with Crippen LogP contribution in [0.2, 0.25) is 0 Å². The van der Waals surface area contributed by atoms with Crippen molar-refractivity contribution in [1.82, 2.24) is 0 Å². The van der Waals surface area contributed by atoms with E-state index in [0.717, 1.165) is 30.6 Å². The summed E-state index contributed by atoms with van der Waals surface area (Å²) in [6.07, 6.45) is 3.84. The van der Waals surface area contributed by atoms with Crippen LogP contribution in [-0.4, -0.2) is 6.54 Å². The van der Waals surface area contributed by atoms with Gasteiger partial charge in [0.2, 0.25) is 0 Å². The molecular formula is C14H15N3. The molecule has 0 fully saturated rings. The third kappa shape index (κ3) is 4.01. The monoisotopic (exact) mass is 225 g/mol. The Bertz CT molecular complexity index is 459. The number of hydrogen-bond acceptors (Lipinski definition) is 3. The fourth-order valence-electron chi connectivity index (χ4n) is 1.43. The lowest BCUT2D eigenvalue weighted by Gasteiger charge is -2.08. The van der Waals surface area contributed by atoms with Crippen LogP contribution in [0.25, 0.3) is 6.08 Å². The highest BCUT2D eigenvalue weighted by Crippen LogP contribution is 2.18. The Morgan fingerprint density at radius 1 is 1.29 bits per heavy atom. The molecule has 1 rings (SSSR count). The van der Waals surface area contributed by atoms with Gasteiger partial charge in [-0.15, -0.1) is 0 Å². The molecule has 0 saturated carbocycles. The van der Waals surface area contributed by atoms with Gasteiger partial charge in [-0.25, -0.2) is 0 Å². The minimum Gasteiger partial charge on any atom is -0.385 e. The van der Waals surface area contributed by atoms with E-state index in [4.69, 9.17) is 10.5 Å². The van der Waals surface area contributed by atoms with Gasteiger partial charge in [-0.3, -0.25) is 0 Å². The van der Waals surface area contributed by atoms with Crippen LogP contribution >= 0.6 is 0 Å². The Balaban J connectivity index is 2.89. The van der Waals surface area contributed by atoms with Crippen molar-refractivity contribution in [3.05, 3.63) is 35.4 Å². The van der Waals surface area contributed by atoms with Gasteiger partial charge in [0.1, 0.15) is 17.7 Å². The van der Waals surface area contributed by atoms with E-state index < -0.39 is 0 Å². The topological polar surface area (TPSA) is 59.6 Å². The van der Waals surface area contributed by atoms with E-state index in [1.807, 2.05) is 36.4 Å². The summed E-state index contributed by atoms with van der Waals surface area (Å²) in [5.74, 6) is 0. The Kier molecular flexibility index (Phi) is 5.34. The summed E-state index contributed by atoms with van der Waals surface area (Å²) in [4.78, 5) is 0. The zero-order valence-electron chi connectivity index (χ0n) is 9.90. The summed E-state index contributed by atoms with van der Waals surface area (Å²) in [5, 5.41) is 20.8. The SMILES string of the molecule is CCCCNc1ccccc1C=C(C#N)C#N. The van der Waals surface area contributed by atoms with Crippen LogP contribution in [0, 0.1) is 22.7 Å². The molecule has 3 nitrogen and oxygen atoms in total. The molecule has 3 heteroatoms. The van der Waals surface area contributed by atoms with Crippen molar-refractivity contribution in [2.45, 2.75) is 19.8 Å². The zero-order chi connectivity index (χ0) is 12.5. The summed E-state index contributed by atoms with van der Waals surface area (Å²) < 4.78 is 0. The van der Waals surface area contributed by atoms with Crippen molar-refractivity contribution in [3.63, 3.8) is 0 Å². The summed E-state index contributed by atoms with van der Waals surface area (Å²) in [6, 6.07) is 11.4. The number of allylic oxidation sites excluding steroid dienone is 1. The molecule has 1 aromatic carbocycles. The van der Waals surface area contributed by atoms with E-state index in [0.29, 0.717) is 0 Å². The fraction of sp³-hybridized carbons (Fsp3) is 0.286. The number of unbranched alkanes of at least 4 members (excludes halogenated alkanes) is 1. The van der Waals surface area contributed by atoms with Gasteiger partial charge in [-0.1, -0.05) is 31.5 Å². The van der Waals surface area contributed by atoms with Crippen LogP contribution in [0.1, 0.15) is 25.3 Å². The molecular weight excluding hydrogens is 210 g/mol. The van der Waals surface area contributed by atoms with Gasteiger partial charge in [0.15, 0.2) is 0 Å². The average molecular weight is 225 g/mol. The Morgan fingerprint density at radius 2 is 2.00 bits per heavy atom. The molecule has 0 aliphatic heterocycles. The van der Waals surface area contributed by atoms with Crippen LogP contribution < -0.4 is 5.32 Å². The van der Waals surface area contributed by atoms with Crippen molar-refractivity contribution in [3.8, 4) is 12.1 Å². The quantitative estimate of drug-likeness (QED) is 0.617. The smallest absolute Gasteiger partial charge is 0.130 e. The standard InChI is InChI=1S/C14H15N3/c1-2-3-8-17-14-7-5-4-6-13(14)9-12(10-15)11-16/h4-7,9,17H,2-3,8H2,1H3. The summed E-state index contributed by atoms with van der Waals surface area (Å²) in [6.45, 7) is 3.03. The second kappa shape index (κ2) is 7.09. The van der Waals surface area contributed by atoms with Gasteiger partial charge >= 0.3 is 0 Å². The maximum absolute atomic E-state index is 8.73. The summed E-state index contributed by atoms with van der Waals surface area (Å²) in [7, 11) is 0. The largest absolute Gasteiger partial charge is 0.385 e. The molecule has 0 amide bonds. The van der Waals surface area contributed by atoms with Crippen molar-refractivity contribution in [2.75, 3.05) is 11.9 Å². The lowest BCUT2D eigenvalue weighted by Crippen LogP contribution is -2.02. The molecule has 0 saturated heterocycles. The second-order valence-corrected chi connectivity index (χ2v) is 3.65. The summed E-state index contributed by atoms with van der Waals surface area (Å²) in [5.41, 5.74) is 1.96. The van der Waals surface area contributed by atoms with Gasteiger partial charge in [-0.05, 0) is 24.1 Å². The minimum atomic E-state index is 0.120. The van der Waals surface area contributed by atoms with E-state index >= 15 is 0 Å². The third-order valence-electron chi connectivity index (χ3n) is 2.35. The number of nitriles is 2. The summed E-state index contributed by atoms with van der Waals surface area (Å²) >= 11 is 0. The molecule has 0 radical (unpaired) electrons. The Labute approximate surface area is 102 Å². The molecule has 0 spiro atoms. The van der Waals surface area contributed by atoms with Gasteiger partial charge in [-0.2, -0.15) is 10.5 Å². The predicted molar refractivity (Wildman–Crippen MR) is 69.0 cm³/mol. The van der Waals surface area contributed by atoms with E-state index in [1.165, 1.54) is 0 Å². The molecule has 1 N–H and O–H groups in total. The molecule has 0 bridgehead atoms. The molecule has 0 aliphatic carbocycles. The molecule has 1 aromatic rings. The first-order valence-corrected chi connectivity index (χ1v) is 5.66. The molecule has 0 unspecified atom stereocenters. The van der Waals surface area contributed by atoms with Crippen LogP contribution in [0.5, 0.6) is 0 Å². The minimum absolute atomic E-state index is 0.120. The van der Waals surface area contributed by atoms with E-state index in [9.17, 15) is 0 Å². The highest BCUT2D eigenvalue weighted by atomic mass is 14.9. The lowest BCUT2D eigenvalue weighted by atomic mass is 10.1. The molecule has 86 valence electrons. The molecule has 0 atom stereocenters. The lowest BCUT2D eigenvalue weighted by molar-refractivity contribution is 0.834. The van der Waals surface area contributed by atoms with Crippen molar-refractivity contribution < 1.29 is 0 Å². The maximum atomic E-state index is 8.73. The Hall–Kier alpha value is -2.26. The van der Waals surface area contributed by atoms with Gasteiger partial charge < -0.3 is 5.32 Å². The number of para-hydroxylation sites is 1. The average Bonchev–Trinajstić information content (AvgIpc) is 2.38.